The number of hydrogen-bond donors (Lipinski definition) is 0. The van der Waals surface area contributed by atoms with Crippen molar-refractivity contribution in [3.8, 4) is 0 Å². The molecule has 1 aromatic heterocycles. The molecule has 0 bridgehead atoms. The third-order valence-electron chi connectivity index (χ3n) is 1.48. The summed E-state index contributed by atoms with van der Waals surface area (Å²) in [6.07, 6.45) is 1.31. The molecule has 0 radical (unpaired) electrons. The van der Waals surface area contributed by atoms with E-state index in [9.17, 15) is 0 Å². The van der Waals surface area contributed by atoms with Gasteiger partial charge in [-0.3, -0.25) is 0 Å². The van der Waals surface area contributed by atoms with Crippen LogP contribution in [0.3, 0.4) is 0 Å². The Labute approximate surface area is 88.0 Å². The number of hydrogen-bond acceptors (Lipinski definition) is 1. The molecule has 1 aromatic rings. The topological polar surface area (TPSA) is 0 Å². The van der Waals surface area contributed by atoms with Crippen LogP contribution >= 0.6 is 11.3 Å². The van der Waals surface area contributed by atoms with Crippen LogP contribution in [-0.4, -0.2) is 0 Å². The smallest absolute Gasteiger partial charge is 0.00641 e. The molecule has 0 spiro atoms. The molecular formula is C12H24S. The van der Waals surface area contributed by atoms with E-state index in [1.807, 2.05) is 13.8 Å². The molecule has 0 nitrogen and oxygen atoms in total. The van der Waals surface area contributed by atoms with E-state index < -0.39 is 0 Å². The number of thiophene rings is 1. The maximum atomic E-state index is 2.22. The molecule has 0 N–H and O–H groups in total. The Morgan fingerprint density at radius 3 is 1.85 bits per heavy atom. The molecule has 1 rings (SSSR count). The standard InChI is InChI=1S/C5H6S.C5H12.C2H6/c1-5-2-3-6-4-5;1-4-5(2)3;1-2/h2-4H,1H3;5H,4H2,1-3H3;1-2H3. The Morgan fingerprint density at radius 1 is 1.31 bits per heavy atom. The van der Waals surface area contributed by atoms with Crippen LogP contribution in [0.25, 0.3) is 0 Å². The van der Waals surface area contributed by atoms with Gasteiger partial charge in [0.05, 0.1) is 0 Å². The molecule has 0 unspecified atom stereocenters. The van der Waals surface area contributed by atoms with Crippen molar-refractivity contribution < 1.29 is 0 Å². The van der Waals surface area contributed by atoms with Crippen molar-refractivity contribution in [3.63, 3.8) is 0 Å². The van der Waals surface area contributed by atoms with Gasteiger partial charge in [-0.25, -0.2) is 0 Å². The van der Waals surface area contributed by atoms with Gasteiger partial charge in [0.1, 0.15) is 0 Å². The minimum absolute atomic E-state index is 0.884. The summed E-state index contributed by atoms with van der Waals surface area (Å²) >= 11 is 1.74. The molecule has 0 aliphatic rings. The van der Waals surface area contributed by atoms with Gasteiger partial charge in [0.15, 0.2) is 0 Å². The molecule has 0 saturated heterocycles. The summed E-state index contributed by atoms with van der Waals surface area (Å²) in [6.45, 7) is 12.7. The summed E-state index contributed by atoms with van der Waals surface area (Å²) in [7, 11) is 0. The van der Waals surface area contributed by atoms with E-state index >= 15 is 0 Å². The molecule has 0 aliphatic heterocycles. The van der Waals surface area contributed by atoms with E-state index in [0.717, 1.165) is 5.92 Å². The van der Waals surface area contributed by atoms with Crippen LogP contribution in [0.2, 0.25) is 0 Å². The van der Waals surface area contributed by atoms with Crippen LogP contribution in [0.4, 0.5) is 0 Å². The Kier molecular flexibility index (Phi) is 13.7. The second-order valence-corrected chi connectivity index (χ2v) is 3.88. The van der Waals surface area contributed by atoms with Gasteiger partial charge in [0.25, 0.3) is 0 Å². The molecule has 0 saturated carbocycles. The van der Waals surface area contributed by atoms with Crippen LogP contribution in [0.5, 0.6) is 0 Å². The van der Waals surface area contributed by atoms with E-state index in [1.54, 1.807) is 11.3 Å². The summed E-state index contributed by atoms with van der Waals surface area (Å²) in [5.74, 6) is 0.884. The minimum Gasteiger partial charge on any atom is -0.152 e. The molecular weight excluding hydrogens is 176 g/mol. The third-order valence-corrected chi connectivity index (χ3v) is 2.28. The molecule has 13 heavy (non-hydrogen) atoms. The molecule has 0 aliphatic carbocycles. The molecule has 0 fully saturated rings. The highest BCUT2D eigenvalue weighted by Crippen LogP contribution is 2.01. The number of aryl methyl sites for hydroxylation is 1. The van der Waals surface area contributed by atoms with Crippen molar-refractivity contribution in [1.29, 1.82) is 0 Å². The molecule has 1 heteroatoms. The van der Waals surface area contributed by atoms with Crippen LogP contribution in [0.15, 0.2) is 16.8 Å². The SMILES string of the molecule is CC.CCC(C)C.Cc1ccsc1. The average molecular weight is 200 g/mol. The molecule has 1 heterocycles. The zero-order valence-corrected chi connectivity index (χ0v) is 10.7. The van der Waals surface area contributed by atoms with E-state index in [0.29, 0.717) is 0 Å². The van der Waals surface area contributed by atoms with Gasteiger partial charge in [-0.1, -0.05) is 41.0 Å². The molecule has 0 atom stereocenters. The van der Waals surface area contributed by atoms with Crippen LogP contribution < -0.4 is 0 Å². The van der Waals surface area contributed by atoms with E-state index in [1.165, 1.54) is 12.0 Å². The Morgan fingerprint density at radius 2 is 1.77 bits per heavy atom. The van der Waals surface area contributed by atoms with E-state index in [-0.39, 0.29) is 0 Å². The van der Waals surface area contributed by atoms with Crippen molar-refractivity contribution in [2.75, 3.05) is 0 Å². The van der Waals surface area contributed by atoms with Gasteiger partial charge < -0.3 is 0 Å². The van der Waals surface area contributed by atoms with E-state index in [2.05, 4.69) is 44.5 Å². The monoisotopic (exact) mass is 200 g/mol. The quantitative estimate of drug-likeness (QED) is 0.589. The first-order chi connectivity index (χ1) is 6.16. The highest BCUT2D eigenvalue weighted by atomic mass is 32.1. The lowest BCUT2D eigenvalue weighted by molar-refractivity contribution is 0.626. The molecule has 0 amide bonds. The summed E-state index contributed by atoms with van der Waals surface area (Å²) in [5, 5.41) is 4.20. The van der Waals surface area contributed by atoms with Crippen molar-refractivity contribution in [3.05, 3.63) is 22.4 Å². The summed E-state index contributed by atoms with van der Waals surface area (Å²) in [6, 6.07) is 2.10. The highest BCUT2D eigenvalue weighted by molar-refractivity contribution is 7.07. The predicted molar refractivity (Wildman–Crippen MR) is 65.5 cm³/mol. The lowest BCUT2D eigenvalue weighted by atomic mass is 10.2. The predicted octanol–water partition coefficient (Wildman–Crippen LogP) is 5.14. The van der Waals surface area contributed by atoms with Gasteiger partial charge in [-0.05, 0) is 35.2 Å². The fraction of sp³-hybridized carbons (Fsp3) is 0.667. The first-order valence-corrected chi connectivity index (χ1v) is 6.09. The highest BCUT2D eigenvalue weighted by Gasteiger charge is 1.80. The first-order valence-electron chi connectivity index (χ1n) is 5.15. The van der Waals surface area contributed by atoms with E-state index in [4.69, 9.17) is 0 Å². The summed E-state index contributed by atoms with van der Waals surface area (Å²) < 4.78 is 0. The fourth-order valence-electron chi connectivity index (χ4n) is 0.333. The molecule has 0 aromatic carbocycles. The first kappa shape index (κ1) is 15.2. The lowest BCUT2D eigenvalue weighted by Gasteiger charge is -1.90. The Hall–Kier alpha value is -0.300. The van der Waals surface area contributed by atoms with Crippen molar-refractivity contribution >= 4 is 11.3 Å². The minimum atomic E-state index is 0.884. The Balaban J connectivity index is 0. The average Bonchev–Trinajstić information content (AvgIpc) is 2.60. The van der Waals surface area contributed by atoms with Gasteiger partial charge in [-0.15, -0.1) is 0 Å². The van der Waals surface area contributed by atoms with Gasteiger partial charge >= 0.3 is 0 Å². The van der Waals surface area contributed by atoms with Crippen molar-refractivity contribution in [2.24, 2.45) is 5.92 Å². The molecule has 78 valence electrons. The second-order valence-electron chi connectivity index (χ2n) is 3.10. The van der Waals surface area contributed by atoms with Crippen LogP contribution in [-0.2, 0) is 0 Å². The van der Waals surface area contributed by atoms with Crippen LogP contribution in [0, 0.1) is 12.8 Å². The normalized spacial score (nSPS) is 8.23. The summed E-state index contributed by atoms with van der Waals surface area (Å²) in [4.78, 5) is 0. The zero-order valence-electron chi connectivity index (χ0n) is 9.92. The van der Waals surface area contributed by atoms with Gasteiger partial charge in [-0.2, -0.15) is 11.3 Å². The maximum Gasteiger partial charge on any atom is -0.00641 e. The second kappa shape index (κ2) is 11.7. The van der Waals surface area contributed by atoms with Gasteiger partial charge in [0.2, 0.25) is 0 Å². The fourth-order valence-corrected chi connectivity index (χ4v) is 0.998. The number of rotatable bonds is 1. The lowest BCUT2D eigenvalue weighted by Crippen LogP contribution is -1.77. The summed E-state index contributed by atoms with van der Waals surface area (Å²) in [5.41, 5.74) is 1.36. The van der Waals surface area contributed by atoms with Crippen molar-refractivity contribution in [1.82, 2.24) is 0 Å². The third kappa shape index (κ3) is 14.5. The van der Waals surface area contributed by atoms with Crippen LogP contribution in [0.1, 0.15) is 46.6 Å². The Bertz CT molecular complexity index is 152. The zero-order chi connectivity index (χ0) is 10.7. The van der Waals surface area contributed by atoms with Crippen molar-refractivity contribution in [2.45, 2.75) is 48.0 Å². The maximum absolute atomic E-state index is 2.22. The largest absolute Gasteiger partial charge is 0.152 e. The van der Waals surface area contributed by atoms with Gasteiger partial charge in [0, 0.05) is 0 Å².